The highest BCUT2D eigenvalue weighted by atomic mass is 32.2. The summed E-state index contributed by atoms with van der Waals surface area (Å²) in [6, 6.07) is 5.88. The van der Waals surface area contributed by atoms with Gasteiger partial charge in [-0.3, -0.25) is 4.79 Å². The molecule has 0 radical (unpaired) electrons. The van der Waals surface area contributed by atoms with Gasteiger partial charge in [0.15, 0.2) is 0 Å². The largest absolute Gasteiger partial charge is 0.398 e. The maximum atomic E-state index is 12.5. The van der Waals surface area contributed by atoms with Gasteiger partial charge in [0.25, 0.3) is 0 Å². The molecule has 1 aromatic rings. The molecule has 4 nitrogen and oxygen atoms in total. The van der Waals surface area contributed by atoms with Crippen LogP contribution in [0.2, 0.25) is 0 Å². The summed E-state index contributed by atoms with van der Waals surface area (Å²) >= 11 is 1.73. The average Bonchev–Trinajstić information content (AvgIpc) is 2.55. The van der Waals surface area contributed by atoms with Gasteiger partial charge in [-0.15, -0.1) is 0 Å². The van der Waals surface area contributed by atoms with Crippen LogP contribution >= 0.6 is 11.8 Å². The van der Waals surface area contributed by atoms with E-state index in [1.165, 1.54) is 0 Å². The predicted octanol–water partition coefficient (Wildman–Crippen LogP) is 2.62. The molecule has 2 rings (SSSR count). The number of nitrogens with zero attached hydrogens (tertiary/aromatic N) is 2. The van der Waals surface area contributed by atoms with Crippen molar-refractivity contribution in [3.05, 3.63) is 23.8 Å². The first-order chi connectivity index (χ1) is 10.7. The smallest absolute Gasteiger partial charge is 0.236 e. The SMILES string of the molecule is CCN(CC)CCSCC(=O)N1CCCc2c(N)cccc21. The van der Waals surface area contributed by atoms with Crippen LogP contribution in [0.1, 0.15) is 25.8 Å². The molecule has 0 aliphatic carbocycles. The van der Waals surface area contributed by atoms with E-state index in [9.17, 15) is 4.79 Å². The van der Waals surface area contributed by atoms with Gasteiger partial charge in [0.2, 0.25) is 5.91 Å². The fraction of sp³-hybridized carbons (Fsp3) is 0.588. The molecule has 0 saturated carbocycles. The van der Waals surface area contributed by atoms with Crippen molar-refractivity contribution in [3.8, 4) is 0 Å². The number of nitrogens with two attached hydrogens (primary N) is 1. The molecule has 0 unspecified atom stereocenters. The van der Waals surface area contributed by atoms with Gasteiger partial charge in [-0.05, 0) is 43.6 Å². The fourth-order valence-corrected chi connectivity index (χ4v) is 3.74. The number of rotatable bonds is 7. The second-order valence-corrected chi connectivity index (χ2v) is 6.68. The summed E-state index contributed by atoms with van der Waals surface area (Å²) in [5.41, 5.74) is 9.00. The number of carbonyl (C=O) groups is 1. The van der Waals surface area contributed by atoms with Crippen LogP contribution < -0.4 is 10.6 Å². The highest BCUT2D eigenvalue weighted by Gasteiger charge is 2.23. The van der Waals surface area contributed by atoms with Crippen molar-refractivity contribution in [2.75, 3.05) is 48.3 Å². The van der Waals surface area contributed by atoms with E-state index in [4.69, 9.17) is 5.73 Å². The van der Waals surface area contributed by atoms with Gasteiger partial charge in [-0.2, -0.15) is 11.8 Å². The Morgan fingerprint density at radius 1 is 1.36 bits per heavy atom. The van der Waals surface area contributed by atoms with Crippen LogP contribution in [0.25, 0.3) is 0 Å². The molecular weight excluding hydrogens is 294 g/mol. The first-order valence-corrected chi connectivity index (χ1v) is 9.30. The lowest BCUT2D eigenvalue weighted by molar-refractivity contribution is -0.116. The lowest BCUT2D eigenvalue weighted by Gasteiger charge is -2.30. The molecule has 5 heteroatoms. The summed E-state index contributed by atoms with van der Waals surface area (Å²) in [7, 11) is 0. The number of benzene rings is 1. The molecule has 0 atom stereocenters. The Morgan fingerprint density at radius 3 is 2.86 bits per heavy atom. The molecule has 1 heterocycles. The molecule has 1 aliphatic rings. The van der Waals surface area contributed by atoms with Gasteiger partial charge in [0.05, 0.1) is 5.75 Å². The Kier molecular flexibility index (Phi) is 6.58. The molecule has 1 aromatic carbocycles. The minimum Gasteiger partial charge on any atom is -0.398 e. The highest BCUT2D eigenvalue weighted by Crippen LogP contribution is 2.31. The third-order valence-corrected chi connectivity index (χ3v) is 5.18. The van der Waals surface area contributed by atoms with E-state index < -0.39 is 0 Å². The Labute approximate surface area is 138 Å². The lowest BCUT2D eigenvalue weighted by Crippen LogP contribution is -2.37. The number of hydrogen-bond acceptors (Lipinski definition) is 4. The van der Waals surface area contributed by atoms with E-state index in [-0.39, 0.29) is 5.91 Å². The van der Waals surface area contributed by atoms with Crippen molar-refractivity contribution in [2.45, 2.75) is 26.7 Å². The molecule has 0 spiro atoms. The number of hydrogen-bond donors (Lipinski definition) is 1. The summed E-state index contributed by atoms with van der Waals surface area (Å²) in [5, 5.41) is 0. The zero-order valence-corrected chi connectivity index (χ0v) is 14.5. The number of carbonyl (C=O) groups excluding carboxylic acids is 1. The van der Waals surface area contributed by atoms with E-state index in [0.29, 0.717) is 5.75 Å². The maximum absolute atomic E-state index is 12.5. The van der Waals surface area contributed by atoms with Crippen molar-refractivity contribution in [1.29, 1.82) is 0 Å². The lowest BCUT2D eigenvalue weighted by atomic mass is 10.00. The van der Waals surface area contributed by atoms with Gasteiger partial charge in [0.1, 0.15) is 0 Å². The van der Waals surface area contributed by atoms with Gasteiger partial charge in [-0.1, -0.05) is 19.9 Å². The van der Waals surface area contributed by atoms with Crippen LogP contribution in [0.4, 0.5) is 11.4 Å². The number of nitrogen functional groups attached to an aromatic ring is 1. The van der Waals surface area contributed by atoms with Crippen molar-refractivity contribution < 1.29 is 4.79 Å². The third kappa shape index (κ3) is 4.17. The summed E-state index contributed by atoms with van der Waals surface area (Å²) < 4.78 is 0. The summed E-state index contributed by atoms with van der Waals surface area (Å²) in [5.74, 6) is 1.76. The van der Waals surface area contributed by atoms with Crippen LogP contribution in [0.5, 0.6) is 0 Å². The Balaban J connectivity index is 1.88. The first-order valence-electron chi connectivity index (χ1n) is 8.15. The second-order valence-electron chi connectivity index (χ2n) is 5.57. The van der Waals surface area contributed by atoms with Crippen LogP contribution in [-0.2, 0) is 11.2 Å². The second kappa shape index (κ2) is 8.44. The normalized spacial score (nSPS) is 14.2. The van der Waals surface area contributed by atoms with E-state index >= 15 is 0 Å². The zero-order chi connectivity index (χ0) is 15.9. The summed E-state index contributed by atoms with van der Waals surface area (Å²) in [6.45, 7) is 8.36. The molecule has 2 N–H and O–H groups in total. The van der Waals surface area contributed by atoms with Gasteiger partial charge < -0.3 is 15.5 Å². The highest BCUT2D eigenvalue weighted by molar-refractivity contribution is 7.99. The maximum Gasteiger partial charge on any atom is 0.236 e. The third-order valence-electron chi connectivity index (χ3n) is 4.26. The molecule has 0 saturated heterocycles. The Bertz CT molecular complexity index is 503. The van der Waals surface area contributed by atoms with Crippen molar-refractivity contribution in [3.63, 3.8) is 0 Å². The van der Waals surface area contributed by atoms with Crippen LogP contribution in [-0.4, -0.2) is 48.5 Å². The van der Waals surface area contributed by atoms with E-state index in [2.05, 4.69) is 18.7 Å². The van der Waals surface area contributed by atoms with Gasteiger partial charge >= 0.3 is 0 Å². The summed E-state index contributed by atoms with van der Waals surface area (Å²) in [4.78, 5) is 16.8. The molecule has 1 aliphatic heterocycles. The monoisotopic (exact) mass is 321 g/mol. The molecule has 22 heavy (non-hydrogen) atoms. The number of anilines is 2. The minimum atomic E-state index is 0.205. The topological polar surface area (TPSA) is 49.6 Å². The number of fused-ring (bicyclic) bond motifs is 1. The number of amides is 1. The standard InChI is InChI=1S/C17H27N3OS/c1-3-19(4-2)11-12-22-13-17(21)20-10-6-7-14-15(18)8-5-9-16(14)20/h5,8-9H,3-4,6-7,10-13,18H2,1-2H3. The van der Waals surface area contributed by atoms with Crippen LogP contribution in [0.15, 0.2) is 18.2 Å². The molecular formula is C17H27N3OS. The molecule has 122 valence electrons. The Hall–Kier alpha value is -1.20. The van der Waals surface area contributed by atoms with Gasteiger partial charge in [0, 0.05) is 30.2 Å². The van der Waals surface area contributed by atoms with Crippen LogP contribution in [0, 0.1) is 0 Å². The predicted molar refractivity (Wildman–Crippen MR) is 96.6 cm³/mol. The fourth-order valence-electron chi connectivity index (χ4n) is 2.88. The van der Waals surface area contributed by atoms with E-state index in [1.807, 2.05) is 23.1 Å². The van der Waals surface area contributed by atoms with E-state index in [0.717, 1.165) is 61.7 Å². The number of thioether (sulfide) groups is 1. The molecule has 1 amide bonds. The summed E-state index contributed by atoms with van der Waals surface area (Å²) in [6.07, 6.45) is 1.97. The van der Waals surface area contributed by atoms with Crippen molar-refractivity contribution >= 4 is 29.0 Å². The molecule has 0 fully saturated rings. The van der Waals surface area contributed by atoms with E-state index in [1.54, 1.807) is 11.8 Å². The average molecular weight is 321 g/mol. The van der Waals surface area contributed by atoms with Crippen molar-refractivity contribution in [1.82, 2.24) is 4.90 Å². The quantitative estimate of drug-likeness (QED) is 0.619. The molecule has 0 aromatic heterocycles. The van der Waals surface area contributed by atoms with Crippen LogP contribution in [0.3, 0.4) is 0 Å². The zero-order valence-electron chi connectivity index (χ0n) is 13.7. The van der Waals surface area contributed by atoms with Crippen molar-refractivity contribution in [2.24, 2.45) is 0 Å². The van der Waals surface area contributed by atoms with Gasteiger partial charge in [-0.25, -0.2) is 0 Å². The Morgan fingerprint density at radius 2 is 2.14 bits per heavy atom. The molecule has 0 bridgehead atoms. The minimum absolute atomic E-state index is 0.205. The first kappa shape index (κ1) is 17.2.